The molecule has 1 aromatic heterocycles. The van der Waals surface area contributed by atoms with E-state index in [0.717, 1.165) is 28.4 Å². The Morgan fingerprint density at radius 1 is 1.26 bits per heavy atom. The molecule has 0 aliphatic heterocycles. The van der Waals surface area contributed by atoms with Crippen LogP contribution in [0.5, 0.6) is 0 Å². The molecule has 2 nitrogen and oxygen atoms in total. The Hall–Kier alpha value is -1.26. The van der Waals surface area contributed by atoms with E-state index in [0.29, 0.717) is 10.9 Å². The highest BCUT2D eigenvalue weighted by molar-refractivity contribution is 7.81. The number of thiocarbonyl (C=S) groups is 1. The summed E-state index contributed by atoms with van der Waals surface area (Å²) < 4.78 is 0. The first-order valence-electron chi connectivity index (χ1n) is 6.57. The Morgan fingerprint density at radius 2 is 2.00 bits per heavy atom. The Morgan fingerprint density at radius 3 is 2.63 bits per heavy atom. The van der Waals surface area contributed by atoms with Crippen molar-refractivity contribution in [1.82, 2.24) is 4.98 Å². The summed E-state index contributed by atoms with van der Waals surface area (Å²) >= 11 is 6.81. The van der Waals surface area contributed by atoms with Crippen LogP contribution in [0.2, 0.25) is 0 Å². The first-order valence-corrected chi connectivity index (χ1v) is 7.80. The summed E-state index contributed by atoms with van der Waals surface area (Å²) in [5.74, 6) is 0.609. The third-order valence-electron chi connectivity index (χ3n) is 3.36. The van der Waals surface area contributed by atoms with Crippen LogP contribution in [0.3, 0.4) is 0 Å². The maximum atomic E-state index is 5.80. The molecule has 2 aromatic rings. The van der Waals surface area contributed by atoms with Gasteiger partial charge in [-0.2, -0.15) is 0 Å². The zero-order valence-electron chi connectivity index (χ0n) is 10.6. The molecule has 2 N–H and O–H groups in total. The highest BCUT2D eigenvalue weighted by atomic mass is 32.1. The summed E-state index contributed by atoms with van der Waals surface area (Å²) in [6, 6.07) is 10.5. The van der Waals surface area contributed by atoms with Crippen molar-refractivity contribution in [1.29, 1.82) is 0 Å². The van der Waals surface area contributed by atoms with Crippen molar-refractivity contribution in [3.05, 3.63) is 51.5 Å². The van der Waals surface area contributed by atoms with Crippen LogP contribution in [0, 0.1) is 0 Å². The van der Waals surface area contributed by atoms with Gasteiger partial charge in [0.2, 0.25) is 0 Å². The average Bonchev–Trinajstić information content (AvgIpc) is 3.17. The van der Waals surface area contributed by atoms with Crippen LogP contribution in [-0.4, -0.2) is 9.97 Å². The smallest absolute Gasteiger partial charge is 0.116 e. The molecular weight excluding hydrogens is 272 g/mol. The van der Waals surface area contributed by atoms with E-state index in [1.165, 1.54) is 18.4 Å². The zero-order chi connectivity index (χ0) is 13.2. The predicted octanol–water partition coefficient (Wildman–Crippen LogP) is 3.44. The lowest BCUT2D eigenvalue weighted by Gasteiger charge is -1.97. The van der Waals surface area contributed by atoms with Crippen molar-refractivity contribution < 1.29 is 0 Å². The monoisotopic (exact) mass is 288 g/mol. The molecule has 1 aliphatic rings. The fraction of sp³-hybridized carbons (Fsp3) is 0.333. The molecule has 0 radical (unpaired) electrons. The summed E-state index contributed by atoms with van der Waals surface area (Å²) in [5, 5.41) is 1.16. The molecule has 3 rings (SSSR count). The molecule has 0 unspecified atom stereocenters. The maximum absolute atomic E-state index is 5.80. The zero-order valence-corrected chi connectivity index (χ0v) is 12.3. The summed E-state index contributed by atoms with van der Waals surface area (Å²) in [5.41, 5.74) is 8.31. The molecule has 0 amide bonds. The predicted molar refractivity (Wildman–Crippen MR) is 83.8 cm³/mol. The van der Waals surface area contributed by atoms with Crippen LogP contribution < -0.4 is 5.73 Å². The van der Waals surface area contributed by atoms with Gasteiger partial charge in [-0.3, -0.25) is 0 Å². The number of rotatable bonds is 5. The lowest BCUT2D eigenvalue weighted by Crippen LogP contribution is -2.09. The summed E-state index contributed by atoms with van der Waals surface area (Å²) in [4.78, 5) is 6.31. The largest absolute Gasteiger partial charge is 0.389 e. The average molecular weight is 288 g/mol. The molecule has 4 heteroatoms. The van der Waals surface area contributed by atoms with Crippen molar-refractivity contribution in [3.63, 3.8) is 0 Å². The molecule has 1 fully saturated rings. The number of aryl methyl sites for hydroxylation is 2. The normalized spacial score (nSPS) is 14.5. The number of nitrogens with zero attached hydrogens (tertiary/aromatic N) is 1. The molecule has 0 atom stereocenters. The second kappa shape index (κ2) is 5.39. The number of hydrogen-bond donors (Lipinski definition) is 1. The van der Waals surface area contributed by atoms with Crippen LogP contribution >= 0.6 is 23.6 Å². The Bertz CT molecular complexity index is 585. The van der Waals surface area contributed by atoms with E-state index in [1.54, 1.807) is 11.3 Å². The quantitative estimate of drug-likeness (QED) is 0.857. The highest BCUT2D eigenvalue weighted by Crippen LogP contribution is 2.42. The number of hydrogen-bond acceptors (Lipinski definition) is 3. The lowest BCUT2D eigenvalue weighted by molar-refractivity contribution is 0.918. The first kappa shape index (κ1) is 12.8. The van der Waals surface area contributed by atoms with Crippen LogP contribution in [-0.2, 0) is 12.8 Å². The van der Waals surface area contributed by atoms with E-state index >= 15 is 0 Å². The fourth-order valence-corrected chi connectivity index (χ4v) is 3.42. The van der Waals surface area contributed by atoms with Gasteiger partial charge in [-0.05, 0) is 24.8 Å². The van der Waals surface area contributed by atoms with Crippen molar-refractivity contribution in [2.75, 3.05) is 0 Å². The van der Waals surface area contributed by atoms with E-state index in [2.05, 4.69) is 24.3 Å². The minimum Gasteiger partial charge on any atom is -0.389 e. The van der Waals surface area contributed by atoms with Crippen LogP contribution in [0.4, 0.5) is 0 Å². The van der Waals surface area contributed by atoms with Gasteiger partial charge in [0.15, 0.2) is 0 Å². The maximum Gasteiger partial charge on any atom is 0.116 e. The number of nitrogens with two attached hydrogens (primary N) is 1. The van der Waals surface area contributed by atoms with Gasteiger partial charge in [-0.15, -0.1) is 11.3 Å². The molecule has 1 saturated carbocycles. The van der Waals surface area contributed by atoms with Gasteiger partial charge in [0, 0.05) is 12.3 Å². The van der Waals surface area contributed by atoms with Gasteiger partial charge in [0.1, 0.15) is 4.99 Å². The number of aromatic nitrogens is 1. The third-order valence-corrected chi connectivity index (χ3v) is 4.85. The van der Waals surface area contributed by atoms with E-state index in [-0.39, 0.29) is 0 Å². The second-order valence-corrected chi connectivity index (χ2v) is 6.47. The summed E-state index contributed by atoms with van der Waals surface area (Å²) in [7, 11) is 0. The van der Waals surface area contributed by atoms with Gasteiger partial charge in [0.25, 0.3) is 0 Å². The van der Waals surface area contributed by atoms with E-state index in [1.807, 2.05) is 6.07 Å². The van der Waals surface area contributed by atoms with Crippen LogP contribution in [0.25, 0.3) is 0 Å². The first-order chi connectivity index (χ1) is 9.24. The van der Waals surface area contributed by atoms with E-state index in [4.69, 9.17) is 22.9 Å². The second-order valence-electron chi connectivity index (χ2n) is 4.95. The lowest BCUT2D eigenvalue weighted by atomic mass is 10.1. The Balaban J connectivity index is 1.74. The van der Waals surface area contributed by atoms with Crippen LogP contribution in [0.15, 0.2) is 30.3 Å². The minimum absolute atomic E-state index is 0.505. The van der Waals surface area contributed by atoms with E-state index < -0.39 is 0 Å². The Labute approximate surface area is 122 Å². The standard InChI is InChI=1S/C15H16N2S2/c16-15(18)14-13(11-7-8-11)17-12(19-14)9-6-10-4-2-1-3-5-10/h1-5,11H,6-9H2,(H2,16,18). The number of thiazole rings is 1. The van der Waals surface area contributed by atoms with Crippen molar-refractivity contribution >= 4 is 28.5 Å². The summed E-state index contributed by atoms with van der Waals surface area (Å²) in [6.45, 7) is 0. The molecule has 0 saturated heterocycles. The van der Waals surface area contributed by atoms with Crippen LogP contribution in [0.1, 0.15) is 39.9 Å². The molecule has 0 spiro atoms. The highest BCUT2D eigenvalue weighted by Gasteiger charge is 2.30. The Kier molecular flexibility index (Phi) is 3.62. The molecule has 1 heterocycles. The van der Waals surface area contributed by atoms with E-state index in [9.17, 15) is 0 Å². The molecule has 98 valence electrons. The molecule has 19 heavy (non-hydrogen) atoms. The van der Waals surface area contributed by atoms with Gasteiger partial charge < -0.3 is 5.73 Å². The molecular formula is C15H16N2S2. The fourth-order valence-electron chi connectivity index (χ4n) is 2.19. The van der Waals surface area contributed by atoms with Gasteiger partial charge in [0.05, 0.1) is 15.6 Å². The topological polar surface area (TPSA) is 38.9 Å². The van der Waals surface area contributed by atoms with Crippen molar-refractivity contribution in [2.45, 2.75) is 31.6 Å². The molecule has 1 aromatic carbocycles. The molecule has 1 aliphatic carbocycles. The number of benzene rings is 1. The SMILES string of the molecule is NC(=S)c1sc(CCc2ccccc2)nc1C1CC1. The summed E-state index contributed by atoms with van der Waals surface area (Å²) in [6.07, 6.45) is 4.46. The minimum atomic E-state index is 0.505. The van der Waals surface area contributed by atoms with Crippen molar-refractivity contribution in [3.8, 4) is 0 Å². The van der Waals surface area contributed by atoms with Gasteiger partial charge >= 0.3 is 0 Å². The van der Waals surface area contributed by atoms with Gasteiger partial charge in [-0.1, -0.05) is 42.5 Å². The third kappa shape index (κ3) is 3.01. The van der Waals surface area contributed by atoms with Crippen molar-refractivity contribution in [2.24, 2.45) is 5.73 Å². The van der Waals surface area contributed by atoms with Gasteiger partial charge in [-0.25, -0.2) is 4.98 Å². The molecule has 0 bridgehead atoms.